The Morgan fingerprint density at radius 2 is 2.32 bits per heavy atom. The SMILES string of the molecule is CCCC(C(=O)Nc1cnn(C(C)C)c1)C(N)=NO. The van der Waals surface area contributed by atoms with Gasteiger partial charge < -0.3 is 16.3 Å². The Balaban J connectivity index is 2.75. The third-order valence-corrected chi connectivity index (χ3v) is 2.76. The van der Waals surface area contributed by atoms with E-state index in [1.165, 1.54) is 0 Å². The second-order valence-corrected chi connectivity index (χ2v) is 4.66. The van der Waals surface area contributed by atoms with Crippen LogP contribution in [0.15, 0.2) is 17.5 Å². The minimum Gasteiger partial charge on any atom is -0.409 e. The van der Waals surface area contributed by atoms with Crippen LogP contribution in [0.3, 0.4) is 0 Å². The lowest BCUT2D eigenvalue weighted by atomic mass is 10.0. The van der Waals surface area contributed by atoms with Crippen LogP contribution >= 0.6 is 0 Å². The van der Waals surface area contributed by atoms with Gasteiger partial charge in [0.15, 0.2) is 5.84 Å². The van der Waals surface area contributed by atoms with Crippen molar-refractivity contribution in [1.29, 1.82) is 0 Å². The number of amidine groups is 1. The van der Waals surface area contributed by atoms with Gasteiger partial charge in [-0.05, 0) is 20.3 Å². The zero-order valence-corrected chi connectivity index (χ0v) is 11.5. The van der Waals surface area contributed by atoms with Crippen LogP contribution in [0.1, 0.15) is 39.7 Å². The molecule has 1 atom stereocenters. The molecule has 7 heteroatoms. The number of carbonyl (C=O) groups is 1. The largest absolute Gasteiger partial charge is 0.409 e. The van der Waals surface area contributed by atoms with Gasteiger partial charge in [0.2, 0.25) is 5.91 Å². The summed E-state index contributed by atoms with van der Waals surface area (Å²) in [4.78, 5) is 12.1. The molecular formula is C12H21N5O2. The number of nitrogens with two attached hydrogens (primary N) is 1. The van der Waals surface area contributed by atoms with E-state index in [9.17, 15) is 4.79 Å². The molecule has 1 heterocycles. The smallest absolute Gasteiger partial charge is 0.235 e. The molecule has 0 spiro atoms. The Morgan fingerprint density at radius 3 is 2.79 bits per heavy atom. The lowest BCUT2D eigenvalue weighted by Gasteiger charge is -2.13. The van der Waals surface area contributed by atoms with Gasteiger partial charge in [-0.15, -0.1) is 0 Å². The van der Waals surface area contributed by atoms with Crippen LogP contribution in [-0.2, 0) is 4.79 Å². The monoisotopic (exact) mass is 267 g/mol. The number of amides is 1. The van der Waals surface area contributed by atoms with Gasteiger partial charge in [0.1, 0.15) is 0 Å². The second-order valence-electron chi connectivity index (χ2n) is 4.66. The minimum absolute atomic E-state index is 0.0735. The van der Waals surface area contributed by atoms with Gasteiger partial charge in [0.05, 0.1) is 17.8 Å². The molecule has 0 aliphatic carbocycles. The van der Waals surface area contributed by atoms with E-state index in [-0.39, 0.29) is 17.8 Å². The molecule has 1 amide bonds. The molecule has 7 nitrogen and oxygen atoms in total. The fourth-order valence-corrected chi connectivity index (χ4v) is 1.69. The number of hydrogen-bond acceptors (Lipinski definition) is 4. The van der Waals surface area contributed by atoms with Gasteiger partial charge in [-0.25, -0.2) is 0 Å². The Morgan fingerprint density at radius 1 is 1.63 bits per heavy atom. The molecule has 0 saturated carbocycles. The number of oxime groups is 1. The highest BCUT2D eigenvalue weighted by Gasteiger charge is 2.22. The van der Waals surface area contributed by atoms with Gasteiger partial charge >= 0.3 is 0 Å². The Hall–Kier alpha value is -2.05. The average Bonchev–Trinajstić information content (AvgIpc) is 2.83. The van der Waals surface area contributed by atoms with Crippen LogP contribution in [-0.4, -0.2) is 26.7 Å². The molecule has 4 N–H and O–H groups in total. The second kappa shape index (κ2) is 6.77. The first-order chi connectivity index (χ1) is 8.99. The van der Waals surface area contributed by atoms with E-state index < -0.39 is 5.92 Å². The summed E-state index contributed by atoms with van der Waals surface area (Å²) in [5, 5.41) is 18.5. The average molecular weight is 267 g/mol. The molecule has 19 heavy (non-hydrogen) atoms. The molecule has 0 radical (unpaired) electrons. The van der Waals surface area contributed by atoms with Crippen molar-refractivity contribution in [3.63, 3.8) is 0 Å². The Labute approximate surface area is 112 Å². The molecule has 0 fully saturated rings. The number of hydrogen-bond donors (Lipinski definition) is 3. The highest BCUT2D eigenvalue weighted by Crippen LogP contribution is 2.14. The maximum absolute atomic E-state index is 12.1. The molecule has 0 aliphatic heterocycles. The summed E-state index contributed by atoms with van der Waals surface area (Å²) in [7, 11) is 0. The fourth-order valence-electron chi connectivity index (χ4n) is 1.69. The van der Waals surface area contributed by atoms with E-state index in [1.54, 1.807) is 17.1 Å². The first-order valence-electron chi connectivity index (χ1n) is 6.32. The summed E-state index contributed by atoms with van der Waals surface area (Å²) in [5.41, 5.74) is 6.13. The summed E-state index contributed by atoms with van der Waals surface area (Å²) in [6.07, 6.45) is 4.62. The van der Waals surface area contributed by atoms with Crippen molar-refractivity contribution in [3.05, 3.63) is 12.4 Å². The molecule has 1 unspecified atom stereocenters. The van der Waals surface area contributed by atoms with Crippen LogP contribution in [0.5, 0.6) is 0 Å². The van der Waals surface area contributed by atoms with Crippen molar-refractivity contribution in [1.82, 2.24) is 9.78 Å². The summed E-state index contributed by atoms with van der Waals surface area (Å²) >= 11 is 0. The van der Waals surface area contributed by atoms with Crippen LogP contribution in [0.2, 0.25) is 0 Å². The standard InChI is InChI=1S/C12H21N5O2/c1-4-5-10(11(13)16-19)12(18)15-9-6-14-17(7-9)8(2)3/h6-8,10,19H,4-5H2,1-3H3,(H2,13,16)(H,15,18). The fraction of sp³-hybridized carbons (Fsp3) is 0.583. The van der Waals surface area contributed by atoms with E-state index in [2.05, 4.69) is 15.6 Å². The Kier molecular flexibility index (Phi) is 5.35. The quantitative estimate of drug-likeness (QED) is 0.315. The van der Waals surface area contributed by atoms with Crippen LogP contribution < -0.4 is 11.1 Å². The van der Waals surface area contributed by atoms with E-state index >= 15 is 0 Å². The predicted molar refractivity (Wildman–Crippen MR) is 73.0 cm³/mol. The number of rotatable bonds is 6. The molecule has 106 valence electrons. The van der Waals surface area contributed by atoms with Crippen LogP contribution in [0.25, 0.3) is 0 Å². The first kappa shape index (κ1) is 15.0. The molecular weight excluding hydrogens is 246 g/mol. The van der Waals surface area contributed by atoms with E-state index in [0.717, 1.165) is 6.42 Å². The van der Waals surface area contributed by atoms with Crippen LogP contribution in [0.4, 0.5) is 5.69 Å². The molecule has 0 saturated heterocycles. The maximum atomic E-state index is 12.1. The van der Waals surface area contributed by atoms with Crippen LogP contribution in [0, 0.1) is 5.92 Å². The number of carbonyl (C=O) groups excluding carboxylic acids is 1. The van der Waals surface area contributed by atoms with Gasteiger partial charge in [-0.2, -0.15) is 5.10 Å². The summed E-state index contributed by atoms with van der Waals surface area (Å²) in [6, 6.07) is 0.223. The summed E-state index contributed by atoms with van der Waals surface area (Å²) < 4.78 is 1.74. The lowest BCUT2D eigenvalue weighted by Crippen LogP contribution is -2.34. The van der Waals surface area contributed by atoms with Crippen molar-refractivity contribution < 1.29 is 10.0 Å². The third-order valence-electron chi connectivity index (χ3n) is 2.76. The first-order valence-corrected chi connectivity index (χ1v) is 6.32. The van der Waals surface area contributed by atoms with Crippen molar-refractivity contribution in [2.24, 2.45) is 16.8 Å². The number of nitrogens with zero attached hydrogens (tertiary/aromatic N) is 3. The van der Waals surface area contributed by atoms with Gasteiger partial charge in [-0.3, -0.25) is 9.48 Å². The highest BCUT2D eigenvalue weighted by molar-refractivity contribution is 6.07. The van der Waals surface area contributed by atoms with E-state index in [4.69, 9.17) is 10.9 Å². The van der Waals surface area contributed by atoms with Crippen molar-refractivity contribution in [2.45, 2.75) is 39.7 Å². The van der Waals surface area contributed by atoms with Gasteiger partial charge in [0.25, 0.3) is 0 Å². The van der Waals surface area contributed by atoms with Gasteiger partial charge in [0, 0.05) is 12.2 Å². The van der Waals surface area contributed by atoms with Crippen molar-refractivity contribution in [2.75, 3.05) is 5.32 Å². The molecule has 1 aromatic heterocycles. The number of nitrogens with one attached hydrogen (secondary N) is 1. The van der Waals surface area contributed by atoms with E-state index in [1.807, 2.05) is 20.8 Å². The predicted octanol–water partition coefficient (Wildman–Crippen LogP) is 1.57. The zero-order chi connectivity index (χ0) is 14.4. The maximum Gasteiger partial charge on any atom is 0.235 e. The summed E-state index contributed by atoms with van der Waals surface area (Å²) in [5.74, 6) is -0.992. The topological polar surface area (TPSA) is 106 Å². The normalized spacial score (nSPS) is 13.6. The van der Waals surface area contributed by atoms with Gasteiger partial charge in [-0.1, -0.05) is 18.5 Å². The molecule has 1 aromatic rings. The highest BCUT2D eigenvalue weighted by atomic mass is 16.4. The third kappa shape index (κ3) is 3.97. The van der Waals surface area contributed by atoms with Crippen molar-refractivity contribution >= 4 is 17.4 Å². The molecule has 1 rings (SSSR count). The van der Waals surface area contributed by atoms with E-state index in [0.29, 0.717) is 12.1 Å². The minimum atomic E-state index is -0.627. The zero-order valence-electron chi connectivity index (χ0n) is 11.5. The summed E-state index contributed by atoms with van der Waals surface area (Å²) in [6.45, 7) is 5.92. The Bertz CT molecular complexity index is 453. The number of anilines is 1. The molecule has 0 aromatic carbocycles. The molecule has 0 aliphatic rings. The lowest BCUT2D eigenvalue weighted by molar-refractivity contribution is -0.118. The number of aromatic nitrogens is 2. The van der Waals surface area contributed by atoms with Crippen molar-refractivity contribution in [3.8, 4) is 0 Å². The molecule has 0 bridgehead atoms.